The number of rotatable bonds is 15. The molecule has 31 heteroatoms. The van der Waals surface area contributed by atoms with Gasteiger partial charge in [0.2, 0.25) is 12.3 Å². The van der Waals surface area contributed by atoms with E-state index >= 15 is 0 Å². The fourth-order valence-electron chi connectivity index (χ4n) is 4.37. The Kier molecular flexibility index (Phi) is 21.0. The number of hydrogen-bond acceptors (Lipinski definition) is 15. The van der Waals surface area contributed by atoms with Crippen LogP contribution in [0.4, 0.5) is 46.5 Å². The molecular formula is C32H33F8N10O12Si-. The number of nitrogens with one attached hydrogen (secondary N) is 2. The van der Waals surface area contributed by atoms with E-state index in [0.29, 0.717) is 19.0 Å². The van der Waals surface area contributed by atoms with Crippen LogP contribution in [0, 0.1) is 46.5 Å². The summed E-state index contributed by atoms with van der Waals surface area (Å²) < 4.78 is 128. The molecule has 0 atom stereocenters. The molecule has 22 nitrogen and oxygen atoms in total. The number of aliphatic imine (C=N–C) groups is 1. The van der Waals surface area contributed by atoms with Gasteiger partial charge in [0.1, 0.15) is 35.1 Å². The number of hydrogen-bond donors (Lipinski definition) is 2. The van der Waals surface area contributed by atoms with E-state index in [1.807, 2.05) is 9.82 Å². The topological polar surface area (TPSA) is 309 Å². The summed E-state index contributed by atoms with van der Waals surface area (Å²) in [6.07, 6.45) is -0.920. The quantitative estimate of drug-likeness (QED) is 0.0215. The van der Waals surface area contributed by atoms with Gasteiger partial charge >= 0.3 is 14.8 Å². The molecule has 2 N–H and O–H groups in total. The van der Waals surface area contributed by atoms with E-state index in [1.165, 1.54) is 26.6 Å². The number of hydroxylamine groups is 2. The fourth-order valence-corrected chi connectivity index (χ4v) is 6.09. The summed E-state index contributed by atoms with van der Waals surface area (Å²) in [4.78, 5) is 78.2. The Balaban J connectivity index is 0.000000476. The largest absolute Gasteiger partial charge is 0.595 e. The molecule has 0 saturated carbocycles. The Morgan fingerprint density at radius 2 is 1.22 bits per heavy atom. The first-order chi connectivity index (χ1) is 29.4. The van der Waals surface area contributed by atoms with Crippen molar-refractivity contribution in [1.82, 2.24) is 15.7 Å². The minimum atomic E-state index is -2.60. The maximum atomic E-state index is 13.7. The number of azide groups is 2. The lowest BCUT2D eigenvalue weighted by Gasteiger charge is -2.29. The molecule has 0 spiro atoms. The number of carbonyl (C=O) groups excluding carboxylic acids is 6. The molecule has 2 aromatic rings. The Hall–Kier alpha value is -6.91. The Morgan fingerprint density at radius 3 is 1.60 bits per heavy atom. The molecule has 2 aromatic carbocycles. The van der Waals surface area contributed by atoms with Gasteiger partial charge in [-0.15, -0.1) is 5.06 Å². The van der Waals surface area contributed by atoms with Crippen molar-refractivity contribution in [2.75, 3.05) is 34.4 Å². The molecule has 1 aliphatic rings. The third kappa shape index (κ3) is 14.9. The summed E-state index contributed by atoms with van der Waals surface area (Å²) in [5.74, 6) is -22.8. The minimum Gasteiger partial charge on any atom is -0.595 e. The van der Waals surface area contributed by atoms with E-state index in [1.54, 1.807) is 20.8 Å². The average Bonchev–Trinajstić information content (AvgIpc) is 3.54. The van der Waals surface area contributed by atoms with Gasteiger partial charge in [-0.3, -0.25) is 34.3 Å². The van der Waals surface area contributed by atoms with Crippen molar-refractivity contribution in [2.24, 2.45) is 15.2 Å². The zero-order valence-electron chi connectivity index (χ0n) is 33.3. The van der Waals surface area contributed by atoms with Crippen molar-refractivity contribution >= 4 is 62.3 Å². The summed E-state index contributed by atoms with van der Waals surface area (Å²) in [5.41, 5.74) is 8.82. The highest BCUT2D eigenvalue weighted by atomic mass is 28.4. The predicted octanol–water partition coefficient (Wildman–Crippen LogP) is 4.38. The summed E-state index contributed by atoms with van der Waals surface area (Å²) in [5, 5.41) is 20.1. The second-order valence-corrected chi connectivity index (χ2v) is 15.5. The van der Waals surface area contributed by atoms with Crippen molar-refractivity contribution in [2.45, 2.75) is 51.7 Å². The summed E-state index contributed by atoms with van der Waals surface area (Å²) in [7, 11) is 2.02. The highest BCUT2D eigenvalue weighted by Crippen LogP contribution is 2.32. The monoisotopic (exact) mass is 929 g/mol. The van der Waals surface area contributed by atoms with Gasteiger partial charge < -0.3 is 33.3 Å². The molecule has 3 rings (SSSR count). The Bertz CT molecular complexity index is 2140. The van der Waals surface area contributed by atoms with Gasteiger partial charge in [0, 0.05) is 62.2 Å². The van der Waals surface area contributed by atoms with Gasteiger partial charge in [0.05, 0.1) is 0 Å². The van der Waals surface area contributed by atoms with Crippen LogP contribution >= 0.6 is 0 Å². The maximum absolute atomic E-state index is 13.7. The van der Waals surface area contributed by atoms with Gasteiger partial charge in [0.15, 0.2) is 46.5 Å². The molecule has 1 saturated heterocycles. The smallest absolute Gasteiger partial charge is 0.500 e. The van der Waals surface area contributed by atoms with E-state index in [2.05, 4.69) is 25.4 Å². The van der Waals surface area contributed by atoms with E-state index in [-0.39, 0.29) is 36.8 Å². The maximum Gasteiger partial charge on any atom is 0.500 e. The molecule has 5 amide bonds. The van der Waals surface area contributed by atoms with Crippen LogP contribution in [0.2, 0.25) is 6.04 Å². The second kappa shape index (κ2) is 24.5. The first-order valence-corrected chi connectivity index (χ1v) is 18.8. The molecule has 1 aliphatic heterocycles. The zero-order valence-corrected chi connectivity index (χ0v) is 34.3. The number of nitrogens with zero attached hydrogens (tertiary/aromatic N) is 8. The molecule has 1 heterocycles. The van der Waals surface area contributed by atoms with Gasteiger partial charge in [-0.05, 0) is 17.5 Å². The average molecular weight is 930 g/mol. The van der Waals surface area contributed by atoms with Crippen LogP contribution in [0.5, 0.6) is 0 Å². The summed E-state index contributed by atoms with van der Waals surface area (Å²) in [6.45, 7) is 5.37. The number of halogens is 8. The highest BCUT2D eigenvalue weighted by Gasteiger charge is 2.38. The van der Waals surface area contributed by atoms with E-state index in [0.717, 1.165) is 0 Å². The van der Waals surface area contributed by atoms with Crippen LogP contribution in [0.15, 0.2) is 15.2 Å². The van der Waals surface area contributed by atoms with E-state index in [9.17, 15) is 69.0 Å². The standard InChI is InChI=1S/C13H28N2O6Si.C11H4F4N4O4.C8H2F4N4O2/c1-13(2,3)21-12(17)15-10-11(16)14-8-7-9-22(18-4,19-5)20-6;12-6-5(7(13)9(15)10(8(6)14)17-18-16)11(22)23-19-3(20)1-2-4(19)21;9-3-2(8(18)14-1-17)4(10)6(12)7(5(3)11)15-16-13/h7-10H2,1-6H3,(H,14,16)(H,15,17);1-2H2;1H,(H,14,17,18)/p-1. The molecule has 63 heavy (non-hydrogen) atoms. The van der Waals surface area contributed by atoms with Crippen molar-refractivity contribution in [3.8, 4) is 0 Å². The highest BCUT2D eigenvalue weighted by molar-refractivity contribution is 6.60. The molecule has 0 unspecified atom stereocenters. The number of ether oxygens (including phenoxy) is 1. The minimum absolute atomic E-state index is 0.0572. The van der Waals surface area contributed by atoms with Crippen LogP contribution in [0.1, 0.15) is 60.7 Å². The first kappa shape index (κ1) is 54.1. The molecule has 0 radical (unpaired) electrons. The lowest BCUT2D eigenvalue weighted by atomic mass is 10.1. The summed E-state index contributed by atoms with van der Waals surface area (Å²) >= 11 is 0. The van der Waals surface area contributed by atoms with Crippen LogP contribution in [-0.4, -0.2) is 96.0 Å². The van der Waals surface area contributed by atoms with Crippen molar-refractivity contribution in [1.29, 1.82) is 0 Å². The number of benzene rings is 2. The van der Waals surface area contributed by atoms with Gasteiger partial charge in [-0.2, -0.15) is 0 Å². The molecular weight excluding hydrogens is 896 g/mol. The SMILES string of the molecule is CO[Si](CCCNC(=O)CN=C([O-])OC(C)(C)C)(OC)OC.[N-]=[N+]=Nc1c(F)c(F)c(C(=O)NC=O)c(F)c1F.[N-]=[N+]=Nc1c(F)c(F)c(C(=O)ON2C(=O)CCC2=O)c(F)c1F. The Labute approximate surface area is 349 Å². The van der Waals surface area contributed by atoms with Gasteiger partial charge in [-0.25, -0.2) is 39.9 Å². The number of imide groups is 2. The van der Waals surface area contributed by atoms with Crippen molar-refractivity contribution in [3.63, 3.8) is 0 Å². The van der Waals surface area contributed by atoms with Crippen molar-refractivity contribution in [3.05, 3.63) is 78.6 Å². The molecule has 1 fully saturated rings. The summed E-state index contributed by atoms with van der Waals surface area (Å²) in [6, 6.07) is 0.583. The Morgan fingerprint density at radius 1 is 0.794 bits per heavy atom. The first-order valence-electron chi connectivity index (χ1n) is 16.9. The van der Waals surface area contributed by atoms with Gasteiger partial charge in [-0.1, -0.05) is 31.0 Å². The van der Waals surface area contributed by atoms with Crippen LogP contribution in [0.3, 0.4) is 0 Å². The number of amides is 5. The van der Waals surface area contributed by atoms with Crippen LogP contribution in [-0.2, 0) is 42.0 Å². The van der Waals surface area contributed by atoms with E-state index < -0.39 is 113 Å². The molecule has 0 aliphatic carbocycles. The van der Waals surface area contributed by atoms with Crippen molar-refractivity contribution < 1.29 is 91.8 Å². The normalized spacial score (nSPS) is 12.4. The molecule has 0 aromatic heterocycles. The second-order valence-electron chi connectivity index (χ2n) is 12.4. The lowest BCUT2D eigenvalue weighted by molar-refractivity contribution is -0.260. The number of carbonyl (C=O) groups is 6. The van der Waals surface area contributed by atoms with Crippen LogP contribution < -0.4 is 15.7 Å². The van der Waals surface area contributed by atoms with Crippen LogP contribution in [0.25, 0.3) is 20.9 Å². The third-order valence-electron chi connectivity index (χ3n) is 7.23. The predicted molar refractivity (Wildman–Crippen MR) is 193 cm³/mol. The molecule has 344 valence electrons. The van der Waals surface area contributed by atoms with E-state index in [4.69, 9.17) is 29.1 Å². The lowest BCUT2D eigenvalue weighted by Crippen LogP contribution is -2.43. The fraction of sp³-hybridized carbons (Fsp3) is 0.406. The third-order valence-corrected chi connectivity index (χ3v) is 10.1. The zero-order chi connectivity index (χ0) is 48.4. The van der Waals surface area contributed by atoms with Gasteiger partial charge in [0.25, 0.3) is 17.7 Å². The molecule has 0 bridgehead atoms.